The molecule has 7 nitrogen and oxygen atoms in total. The molecule has 1 aliphatic rings. The molecule has 7 heteroatoms. The van der Waals surface area contributed by atoms with Crippen LogP contribution >= 0.6 is 0 Å². The summed E-state index contributed by atoms with van der Waals surface area (Å²) in [4.78, 5) is 13.2. The highest BCUT2D eigenvalue weighted by Gasteiger charge is 2.29. The van der Waals surface area contributed by atoms with Crippen LogP contribution in [0.15, 0.2) is 24.8 Å². The summed E-state index contributed by atoms with van der Waals surface area (Å²) in [6, 6.07) is 2.36. The fraction of sp³-hybridized carbons (Fsp3) is 0.562. The molecular formula is C16H24N6O. The van der Waals surface area contributed by atoms with Gasteiger partial charge < -0.3 is 20.4 Å². The number of methoxy groups -OCH3 is 1. The molecule has 23 heavy (non-hydrogen) atoms. The number of nitrogens with zero attached hydrogens (tertiary/aromatic N) is 4. The van der Waals surface area contributed by atoms with Crippen LogP contribution in [0.25, 0.3) is 0 Å². The van der Waals surface area contributed by atoms with E-state index in [0.29, 0.717) is 18.6 Å². The average Bonchev–Trinajstić information content (AvgIpc) is 3.02. The highest BCUT2D eigenvalue weighted by molar-refractivity contribution is 5.37. The minimum absolute atomic E-state index is 0.312. The van der Waals surface area contributed by atoms with Crippen molar-refractivity contribution in [3.63, 3.8) is 0 Å². The molecule has 3 N–H and O–H groups in total. The molecule has 1 aliphatic carbocycles. The quantitative estimate of drug-likeness (QED) is 0.718. The van der Waals surface area contributed by atoms with Crippen molar-refractivity contribution < 1.29 is 4.74 Å². The average molecular weight is 316 g/mol. The molecule has 3 rings (SSSR count). The first-order valence-corrected chi connectivity index (χ1v) is 8.06. The Hall–Kier alpha value is -1.99. The van der Waals surface area contributed by atoms with Crippen LogP contribution in [0, 0.1) is 0 Å². The molecule has 2 aromatic rings. The molecule has 0 aliphatic heterocycles. The predicted molar refractivity (Wildman–Crippen MR) is 88.0 cm³/mol. The lowest BCUT2D eigenvalue weighted by molar-refractivity contribution is 0.177. The molecule has 2 heterocycles. The third kappa shape index (κ3) is 4.27. The number of hydrogen-bond acceptors (Lipinski definition) is 6. The van der Waals surface area contributed by atoms with E-state index in [9.17, 15) is 0 Å². The number of nitrogens with two attached hydrogens (primary N) is 1. The largest absolute Gasteiger partial charge is 0.377 e. The molecule has 0 bridgehead atoms. The van der Waals surface area contributed by atoms with Gasteiger partial charge in [-0.1, -0.05) is 0 Å². The highest BCUT2D eigenvalue weighted by Crippen LogP contribution is 2.35. The van der Waals surface area contributed by atoms with Crippen molar-refractivity contribution in [1.82, 2.24) is 19.5 Å². The predicted octanol–water partition coefficient (Wildman–Crippen LogP) is 1.53. The van der Waals surface area contributed by atoms with Gasteiger partial charge >= 0.3 is 0 Å². The first-order chi connectivity index (χ1) is 11.2. The zero-order valence-corrected chi connectivity index (χ0v) is 13.5. The third-order valence-corrected chi connectivity index (χ3v) is 4.12. The number of anilines is 1. The molecule has 0 spiro atoms. The Balaban J connectivity index is 1.58. The Bertz CT molecular complexity index is 609. The van der Waals surface area contributed by atoms with Crippen molar-refractivity contribution in [2.24, 2.45) is 5.73 Å². The summed E-state index contributed by atoms with van der Waals surface area (Å²) in [7, 11) is 1.66. The second kappa shape index (κ2) is 7.52. The number of rotatable bonds is 8. The standard InChI is InChI=1S/C16H24N6O/c1-23-10-16-20-14(12-7-13(17)8-12)9-15(21-16)19-3-2-5-22-6-4-18-11-22/h4,6,9,11-13H,2-3,5,7-8,10,17H2,1H3,(H,19,20,21). The molecule has 0 radical (unpaired) electrons. The normalized spacial score (nSPS) is 20.3. The number of hydrogen-bond donors (Lipinski definition) is 2. The molecule has 124 valence electrons. The van der Waals surface area contributed by atoms with Gasteiger partial charge in [0.1, 0.15) is 12.4 Å². The van der Waals surface area contributed by atoms with Crippen LogP contribution in [0.5, 0.6) is 0 Å². The van der Waals surface area contributed by atoms with Crippen LogP contribution in [0.4, 0.5) is 5.82 Å². The van der Waals surface area contributed by atoms with Crippen LogP contribution in [-0.2, 0) is 17.9 Å². The minimum Gasteiger partial charge on any atom is -0.377 e. The summed E-state index contributed by atoms with van der Waals surface area (Å²) in [6.45, 7) is 2.22. The molecule has 0 atom stereocenters. The third-order valence-electron chi connectivity index (χ3n) is 4.12. The van der Waals surface area contributed by atoms with E-state index in [1.165, 1.54) is 0 Å². The molecule has 1 fully saturated rings. The zero-order valence-electron chi connectivity index (χ0n) is 13.5. The van der Waals surface area contributed by atoms with Crippen LogP contribution < -0.4 is 11.1 Å². The van der Waals surface area contributed by atoms with Gasteiger partial charge in [0.25, 0.3) is 0 Å². The number of aromatic nitrogens is 4. The van der Waals surface area contributed by atoms with Gasteiger partial charge in [-0.05, 0) is 19.3 Å². The SMILES string of the molecule is COCc1nc(NCCCn2ccnc2)cc(C2CC(N)C2)n1. The van der Waals surface area contributed by atoms with Gasteiger partial charge in [-0.15, -0.1) is 0 Å². The number of aryl methyl sites for hydroxylation is 1. The fourth-order valence-corrected chi connectivity index (χ4v) is 2.81. The lowest BCUT2D eigenvalue weighted by Crippen LogP contribution is -2.35. The first kappa shape index (κ1) is 15.9. The summed E-state index contributed by atoms with van der Waals surface area (Å²) in [5.74, 6) is 2.05. The molecule has 0 aromatic carbocycles. The molecular weight excluding hydrogens is 292 g/mol. The molecule has 0 saturated heterocycles. The van der Waals surface area contributed by atoms with Crippen LogP contribution in [0.2, 0.25) is 0 Å². The van der Waals surface area contributed by atoms with Crippen molar-refractivity contribution in [3.05, 3.63) is 36.3 Å². The Morgan fingerprint density at radius 1 is 1.39 bits per heavy atom. The lowest BCUT2D eigenvalue weighted by Gasteiger charge is -2.32. The monoisotopic (exact) mass is 316 g/mol. The van der Waals surface area contributed by atoms with E-state index in [4.69, 9.17) is 10.5 Å². The van der Waals surface area contributed by atoms with Crippen molar-refractivity contribution in [2.45, 2.75) is 44.4 Å². The summed E-state index contributed by atoms with van der Waals surface area (Å²) in [6.07, 6.45) is 8.61. The Morgan fingerprint density at radius 3 is 2.96 bits per heavy atom. The van der Waals surface area contributed by atoms with Gasteiger partial charge in [-0.2, -0.15) is 0 Å². The smallest absolute Gasteiger partial charge is 0.156 e. The van der Waals surface area contributed by atoms with Gasteiger partial charge in [0.15, 0.2) is 5.82 Å². The Morgan fingerprint density at radius 2 is 2.26 bits per heavy atom. The fourth-order valence-electron chi connectivity index (χ4n) is 2.81. The van der Waals surface area contributed by atoms with Crippen LogP contribution in [0.1, 0.15) is 36.7 Å². The van der Waals surface area contributed by atoms with E-state index in [0.717, 1.165) is 49.7 Å². The second-order valence-electron chi connectivity index (χ2n) is 6.04. The Kier molecular flexibility index (Phi) is 5.19. The highest BCUT2D eigenvalue weighted by atomic mass is 16.5. The van der Waals surface area contributed by atoms with E-state index in [1.807, 2.05) is 18.6 Å². The van der Waals surface area contributed by atoms with E-state index >= 15 is 0 Å². The van der Waals surface area contributed by atoms with Crippen LogP contribution in [0.3, 0.4) is 0 Å². The van der Waals surface area contributed by atoms with Crippen LogP contribution in [-0.4, -0.2) is 39.2 Å². The maximum atomic E-state index is 5.89. The maximum absolute atomic E-state index is 5.89. The lowest BCUT2D eigenvalue weighted by atomic mass is 9.78. The van der Waals surface area contributed by atoms with E-state index < -0.39 is 0 Å². The van der Waals surface area contributed by atoms with Gasteiger partial charge in [-0.3, -0.25) is 0 Å². The second-order valence-corrected chi connectivity index (χ2v) is 6.04. The van der Waals surface area contributed by atoms with E-state index in [2.05, 4.69) is 24.8 Å². The van der Waals surface area contributed by atoms with Crippen molar-refractivity contribution in [3.8, 4) is 0 Å². The number of ether oxygens (including phenoxy) is 1. The van der Waals surface area contributed by atoms with Gasteiger partial charge in [-0.25, -0.2) is 15.0 Å². The summed E-state index contributed by atoms with van der Waals surface area (Å²) < 4.78 is 7.25. The summed E-state index contributed by atoms with van der Waals surface area (Å²) in [5, 5.41) is 3.39. The molecule has 1 saturated carbocycles. The van der Waals surface area contributed by atoms with Crippen molar-refractivity contribution >= 4 is 5.82 Å². The first-order valence-electron chi connectivity index (χ1n) is 8.06. The number of imidazole rings is 1. The van der Waals surface area contributed by atoms with Gasteiger partial charge in [0.2, 0.25) is 0 Å². The minimum atomic E-state index is 0.312. The van der Waals surface area contributed by atoms with E-state index in [-0.39, 0.29) is 0 Å². The van der Waals surface area contributed by atoms with Gasteiger partial charge in [0, 0.05) is 56.3 Å². The van der Waals surface area contributed by atoms with Gasteiger partial charge in [0.05, 0.1) is 6.33 Å². The topological polar surface area (TPSA) is 90.9 Å². The molecule has 2 aromatic heterocycles. The van der Waals surface area contributed by atoms with Crippen molar-refractivity contribution in [1.29, 1.82) is 0 Å². The molecule has 0 amide bonds. The molecule has 0 unspecified atom stereocenters. The zero-order chi connectivity index (χ0) is 16.1. The summed E-state index contributed by atoms with van der Waals surface area (Å²) >= 11 is 0. The summed E-state index contributed by atoms with van der Waals surface area (Å²) in [5.41, 5.74) is 6.97. The number of nitrogens with one attached hydrogen (secondary N) is 1. The van der Waals surface area contributed by atoms with Crippen molar-refractivity contribution in [2.75, 3.05) is 19.0 Å². The Labute approximate surface area is 136 Å². The maximum Gasteiger partial charge on any atom is 0.156 e. The van der Waals surface area contributed by atoms with E-state index in [1.54, 1.807) is 13.3 Å².